The van der Waals surface area contributed by atoms with E-state index in [1.807, 2.05) is 6.20 Å². The van der Waals surface area contributed by atoms with Crippen LogP contribution in [0.15, 0.2) is 49.2 Å². The van der Waals surface area contributed by atoms with Gasteiger partial charge in [0.05, 0.1) is 0 Å². The van der Waals surface area contributed by atoms with Crippen LogP contribution in [-0.2, 0) is 5.41 Å². The van der Waals surface area contributed by atoms with Crippen molar-refractivity contribution in [3.05, 3.63) is 60.3 Å². The lowest BCUT2D eigenvalue weighted by atomic mass is 9.66. The average molecular weight is 251 g/mol. The quantitative estimate of drug-likeness (QED) is 0.718. The minimum Gasteiger partial charge on any atom is -0.361 e. The van der Waals surface area contributed by atoms with E-state index >= 15 is 0 Å². The van der Waals surface area contributed by atoms with Gasteiger partial charge in [0.2, 0.25) is 0 Å². The molecule has 1 aliphatic carbocycles. The summed E-state index contributed by atoms with van der Waals surface area (Å²) < 4.78 is 0. The van der Waals surface area contributed by atoms with Gasteiger partial charge in [-0.25, -0.2) is 0 Å². The topological polar surface area (TPSA) is 15.8 Å². The second kappa shape index (κ2) is 4.12. The molecule has 3 rings (SSSR count). The standard InChI is InChI=1S/C18H21N/c1-5-18(4)10-8-14(12(2)3)15-7-6-13-9-11-19-17(13)16(15)18/h5-7,9,11,14,19H,1-2,8,10H2,3-4H3. The summed E-state index contributed by atoms with van der Waals surface area (Å²) in [4.78, 5) is 3.42. The highest BCUT2D eigenvalue weighted by atomic mass is 14.7. The largest absolute Gasteiger partial charge is 0.361 e. The highest BCUT2D eigenvalue weighted by Crippen LogP contribution is 2.48. The zero-order chi connectivity index (χ0) is 13.6. The summed E-state index contributed by atoms with van der Waals surface area (Å²) in [7, 11) is 0. The van der Waals surface area contributed by atoms with Crippen LogP contribution >= 0.6 is 0 Å². The number of allylic oxidation sites excluding steroid dienone is 2. The van der Waals surface area contributed by atoms with Crippen molar-refractivity contribution in [3.8, 4) is 0 Å². The molecule has 98 valence electrons. The monoisotopic (exact) mass is 251 g/mol. The molecular weight excluding hydrogens is 230 g/mol. The molecule has 0 radical (unpaired) electrons. The second-order valence-electron chi connectivity index (χ2n) is 6.03. The van der Waals surface area contributed by atoms with Gasteiger partial charge >= 0.3 is 0 Å². The molecule has 1 N–H and O–H groups in total. The SMILES string of the molecule is C=CC1(C)CCC(C(=C)C)c2ccc3cc[nH]c3c21. The lowest BCUT2D eigenvalue weighted by molar-refractivity contribution is 0.456. The third-order valence-electron chi connectivity index (χ3n) is 4.70. The molecule has 2 aromatic rings. The van der Waals surface area contributed by atoms with Crippen LogP contribution < -0.4 is 0 Å². The van der Waals surface area contributed by atoms with E-state index < -0.39 is 0 Å². The minimum absolute atomic E-state index is 0.0612. The lowest BCUT2D eigenvalue weighted by Gasteiger charge is -2.38. The molecule has 1 nitrogen and oxygen atoms in total. The zero-order valence-electron chi connectivity index (χ0n) is 11.8. The Kier molecular flexibility index (Phi) is 2.67. The van der Waals surface area contributed by atoms with Gasteiger partial charge in [-0.2, -0.15) is 0 Å². The fraction of sp³-hybridized carbons (Fsp3) is 0.333. The summed E-state index contributed by atoms with van der Waals surface area (Å²) in [5.74, 6) is 0.482. The van der Waals surface area contributed by atoms with Crippen molar-refractivity contribution in [1.82, 2.24) is 4.98 Å². The molecule has 0 saturated heterocycles. The van der Waals surface area contributed by atoms with Gasteiger partial charge in [-0.15, -0.1) is 6.58 Å². The number of fused-ring (bicyclic) bond motifs is 3. The van der Waals surface area contributed by atoms with Gasteiger partial charge in [-0.3, -0.25) is 0 Å². The zero-order valence-corrected chi connectivity index (χ0v) is 11.8. The van der Waals surface area contributed by atoms with E-state index in [2.05, 4.69) is 56.3 Å². The number of nitrogens with one attached hydrogen (secondary N) is 1. The Morgan fingerprint density at radius 3 is 2.89 bits per heavy atom. The van der Waals surface area contributed by atoms with E-state index in [0.717, 1.165) is 12.8 Å². The van der Waals surface area contributed by atoms with Crippen molar-refractivity contribution < 1.29 is 0 Å². The Morgan fingerprint density at radius 2 is 2.21 bits per heavy atom. The lowest BCUT2D eigenvalue weighted by Crippen LogP contribution is -2.28. The Balaban J connectivity index is 2.35. The molecule has 1 aromatic heterocycles. The summed E-state index contributed by atoms with van der Waals surface area (Å²) >= 11 is 0. The van der Waals surface area contributed by atoms with E-state index in [1.165, 1.54) is 27.6 Å². The van der Waals surface area contributed by atoms with Gasteiger partial charge in [-0.05, 0) is 42.3 Å². The molecule has 2 unspecified atom stereocenters. The van der Waals surface area contributed by atoms with Gasteiger partial charge < -0.3 is 4.98 Å². The van der Waals surface area contributed by atoms with Crippen molar-refractivity contribution in [1.29, 1.82) is 0 Å². The Morgan fingerprint density at radius 1 is 1.42 bits per heavy atom. The third-order valence-corrected chi connectivity index (χ3v) is 4.70. The first-order valence-corrected chi connectivity index (χ1v) is 6.96. The van der Waals surface area contributed by atoms with E-state index in [1.54, 1.807) is 0 Å². The van der Waals surface area contributed by atoms with Crippen molar-refractivity contribution in [2.24, 2.45) is 0 Å². The molecule has 0 spiro atoms. The van der Waals surface area contributed by atoms with Crippen LogP contribution in [0, 0.1) is 0 Å². The van der Waals surface area contributed by atoms with Gasteiger partial charge in [0.15, 0.2) is 0 Å². The van der Waals surface area contributed by atoms with Gasteiger partial charge in [-0.1, -0.05) is 37.3 Å². The normalized spacial score (nSPS) is 26.1. The molecule has 19 heavy (non-hydrogen) atoms. The summed E-state index contributed by atoms with van der Waals surface area (Å²) in [6, 6.07) is 6.64. The van der Waals surface area contributed by atoms with Crippen LogP contribution in [0.5, 0.6) is 0 Å². The Labute approximate surface area is 115 Å². The molecule has 0 fully saturated rings. The third kappa shape index (κ3) is 1.68. The predicted molar refractivity (Wildman–Crippen MR) is 82.6 cm³/mol. The van der Waals surface area contributed by atoms with Crippen molar-refractivity contribution in [2.45, 2.75) is 38.0 Å². The molecule has 0 amide bonds. The maximum Gasteiger partial charge on any atom is 0.0498 e. The maximum absolute atomic E-state index is 4.18. The Bertz CT molecular complexity index is 661. The summed E-state index contributed by atoms with van der Waals surface area (Å²) in [5, 5.41) is 1.29. The highest BCUT2D eigenvalue weighted by Gasteiger charge is 2.35. The molecular formula is C18H21N. The van der Waals surface area contributed by atoms with Crippen molar-refractivity contribution >= 4 is 10.9 Å². The molecule has 0 aliphatic heterocycles. The average Bonchev–Trinajstić information content (AvgIpc) is 2.86. The van der Waals surface area contributed by atoms with E-state index in [9.17, 15) is 0 Å². The van der Waals surface area contributed by atoms with Crippen LogP contribution in [-0.4, -0.2) is 4.98 Å². The first kappa shape index (κ1) is 12.3. The molecule has 1 heteroatoms. The fourth-order valence-corrected chi connectivity index (χ4v) is 3.49. The molecule has 1 aromatic carbocycles. The second-order valence-corrected chi connectivity index (χ2v) is 6.03. The Hall–Kier alpha value is -1.76. The number of aromatic nitrogens is 1. The van der Waals surface area contributed by atoms with Crippen LogP contribution in [0.4, 0.5) is 0 Å². The number of hydrogen-bond acceptors (Lipinski definition) is 0. The summed E-state index contributed by atoms with van der Waals surface area (Å²) in [6.45, 7) is 12.7. The minimum atomic E-state index is 0.0612. The van der Waals surface area contributed by atoms with Gasteiger partial charge in [0, 0.05) is 23.0 Å². The maximum atomic E-state index is 4.18. The number of hydrogen-bond donors (Lipinski definition) is 1. The molecule has 2 atom stereocenters. The van der Waals surface area contributed by atoms with Gasteiger partial charge in [0.25, 0.3) is 0 Å². The van der Waals surface area contributed by atoms with Crippen LogP contribution in [0.2, 0.25) is 0 Å². The molecule has 0 saturated carbocycles. The van der Waals surface area contributed by atoms with Crippen molar-refractivity contribution in [2.75, 3.05) is 0 Å². The van der Waals surface area contributed by atoms with Crippen LogP contribution in [0.1, 0.15) is 43.7 Å². The highest BCUT2D eigenvalue weighted by molar-refractivity contribution is 5.86. The summed E-state index contributed by atoms with van der Waals surface area (Å²) in [6.07, 6.45) is 6.44. The number of rotatable bonds is 2. The molecule has 1 heterocycles. The number of aromatic amines is 1. The fourth-order valence-electron chi connectivity index (χ4n) is 3.49. The van der Waals surface area contributed by atoms with E-state index in [0.29, 0.717) is 5.92 Å². The predicted octanol–water partition coefficient (Wildman–Crippen LogP) is 5.07. The number of H-pyrrole nitrogens is 1. The molecule has 0 bridgehead atoms. The first-order chi connectivity index (χ1) is 9.07. The van der Waals surface area contributed by atoms with Crippen LogP contribution in [0.3, 0.4) is 0 Å². The number of benzene rings is 1. The van der Waals surface area contributed by atoms with E-state index in [4.69, 9.17) is 0 Å². The smallest absolute Gasteiger partial charge is 0.0498 e. The summed E-state index contributed by atoms with van der Waals surface area (Å²) in [5.41, 5.74) is 5.44. The van der Waals surface area contributed by atoms with Crippen molar-refractivity contribution in [3.63, 3.8) is 0 Å². The van der Waals surface area contributed by atoms with Crippen LogP contribution in [0.25, 0.3) is 10.9 Å². The molecule has 1 aliphatic rings. The van der Waals surface area contributed by atoms with Gasteiger partial charge in [0.1, 0.15) is 0 Å². The first-order valence-electron chi connectivity index (χ1n) is 6.96. The van der Waals surface area contributed by atoms with E-state index in [-0.39, 0.29) is 5.41 Å².